The van der Waals surface area contributed by atoms with Crippen molar-refractivity contribution in [3.63, 3.8) is 0 Å². The standard InChI is InChI=1S/C11H11NO2/c1-9(14)11-7-4-6-10(12-11)5-2-3-8-13/h2,4-8H,3H2,1H3. The van der Waals surface area contributed by atoms with Gasteiger partial charge in [-0.15, -0.1) is 0 Å². The van der Waals surface area contributed by atoms with Gasteiger partial charge in [-0.25, -0.2) is 4.98 Å². The number of Topliss-reactive ketones (excluding diaryl/α,β-unsaturated/α-hetero) is 1. The number of aromatic nitrogens is 1. The largest absolute Gasteiger partial charge is 0.303 e. The van der Waals surface area contributed by atoms with Gasteiger partial charge in [-0.05, 0) is 18.2 Å². The highest BCUT2D eigenvalue weighted by molar-refractivity contribution is 5.92. The van der Waals surface area contributed by atoms with Gasteiger partial charge in [0.25, 0.3) is 0 Å². The van der Waals surface area contributed by atoms with Gasteiger partial charge in [-0.2, -0.15) is 0 Å². The number of carbonyl (C=O) groups is 2. The van der Waals surface area contributed by atoms with E-state index in [1.165, 1.54) is 6.92 Å². The van der Waals surface area contributed by atoms with Crippen molar-refractivity contribution in [2.75, 3.05) is 0 Å². The Labute approximate surface area is 82.5 Å². The minimum Gasteiger partial charge on any atom is -0.303 e. The number of hydrogen-bond donors (Lipinski definition) is 0. The summed E-state index contributed by atoms with van der Waals surface area (Å²) in [5.74, 6) is -0.0596. The molecule has 3 nitrogen and oxygen atoms in total. The minimum absolute atomic E-state index is 0.0596. The molecule has 1 aromatic rings. The maximum absolute atomic E-state index is 11.0. The molecule has 0 unspecified atom stereocenters. The lowest BCUT2D eigenvalue weighted by atomic mass is 10.2. The SMILES string of the molecule is CC(=O)c1cccc(C=CCC=O)n1. The fraction of sp³-hybridized carbons (Fsp3) is 0.182. The van der Waals surface area contributed by atoms with Crippen molar-refractivity contribution in [1.29, 1.82) is 0 Å². The summed E-state index contributed by atoms with van der Waals surface area (Å²) >= 11 is 0. The second-order valence-corrected chi connectivity index (χ2v) is 2.81. The van der Waals surface area contributed by atoms with Gasteiger partial charge in [-0.3, -0.25) is 4.79 Å². The van der Waals surface area contributed by atoms with Crippen molar-refractivity contribution in [2.45, 2.75) is 13.3 Å². The zero-order valence-corrected chi connectivity index (χ0v) is 7.93. The number of aldehydes is 1. The van der Waals surface area contributed by atoms with Gasteiger partial charge in [0.2, 0.25) is 0 Å². The molecule has 0 saturated carbocycles. The fourth-order valence-electron chi connectivity index (χ4n) is 0.985. The van der Waals surface area contributed by atoms with E-state index in [1.54, 1.807) is 30.4 Å². The minimum atomic E-state index is -0.0596. The van der Waals surface area contributed by atoms with Crippen LogP contribution in [0.4, 0.5) is 0 Å². The van der Waals surface area contributed by atoms with Gasteiger partial charge >= 0.3 is 0 Å². The van der Waals surface area contributed by atoms with Gasteiger partial charge in [0.05, 0.1) is 5.69 Å². The van der Waals surface area contributed by atoms with Crippen LogP contribution in [-0.2, 0) is 4.79 Å². The Morgan fingerprint density at radius 3 is 2.93 bits per heavy atom. The normalized spacial score (nSPS) is 10.4. The molecule has 72 valence electrons. The van der Waals surface area contributed by atoms with E-state index < -0.39 is 0 Å². The van der Waals surface area contributed by atoms with Crippen molar-refractivity contribution in [3.05, 3.63) is 35.7 Å². The number of rotatable bonds is 4. The lowest BCUT2D eigenvalue weighted by molar-refractivity contribution is -0.107. The van der Waals surface area contributed by atoms with Crippen LogP contribution < -0.4 is 0 Å². The quantitative estimate of drug-likeness (QED) is 0.536. The highest BCUT2D eigenvalue weighted by atomic mass is 16.1. The van der Waals surface area contributed by atoms with Gasteiger partial charge < -0.3 is 4.79 Å². The summed E-state index contributed by atoms with van der Waals surface area (Å²) in [5, 5.41) is 0. The number of hydrogen-bond acceptors (Lipinski definition) is 3. The van der Waals surface area contributed by atoms with Gasteiger partial charge in [0.1, 0.15) is 12.0 Å². The molecule has 0 bridgehead atoms. The molecule has 0 amide bonds. The Hall–Kier alpha value is -1.77. The summed E-state index contributed by atoms with van der Waals surface area (Å²) < 4.78 is 0. The Morgan fingerprint density at radius 1 is 1.50 bits per heavy atom. The van der Waals surface area contributed by atoms with E-state index in [-0.39, 0.29) is 5.78 Å². The fourth-order valence-corrected chi connectivity index (χ4v) is 0.985. The summed E-state index contributed by atoms with van der Waals surface area (Å²) in [6.45, 7) is 1.47. The van der Waals surface area contributed by atoms with Crippen LogP contribution in [0.3, 0.4) is 0 Å². The molecule has 0 aliphatic carbocycles. The van der Waals surface area contributed by atoms with Crippen LogP contribution in [-0.4, -0.2) is 17.1 Å². The van der Waals surface area contributed by atoms with E-state index in [0.717, 1.165) is 6.29 Å². The van der Waals surface area contributed by atoms with E-state index in [1.807, 2.05) is 0 Å². The summed E-state index contributed by atoms with van der Waals surface area (Å²) in [5.41, 5.74) is 1.14. The van der Waals surface area contributed by atoms with E-state index in [2.05, 4.69) is 4.98 Å². The molecular formula is C11H11NO2. The second-order valence-electron chi connectivity index (χ2n) is 2.81. The average Bonchev–Trinajstić information content (AvgIpc) is 2.19. The highest BCUT2D eigenvalue weighted by Gasteiger charge is 1.99. The lowest BCUT2D eigenvalue weighted by Gasteiger charge is -1.95. The summed E-state index contributed by atoms with van der Waals surface area (Å²) in [7, 11) is 0. The third-order valence-corrected chi connectivity index (χ3v) is 1.65. The first-order valence-corrected chi connectivity index (χ1v) is 4.32. The van der Waals surface area contributed by atoms with E-state index >= 15 is 0 Å². The number of carbonyl (C=O) groups excluding carboxylic acids is 2. The van der Waals surface area contributed by atoms with Crippen LogP contribution in [0, 0.1) is 0 Å². The smallest absolute Gasteiger partial charge is 0.178 e. The molecular weight excluding hydrogens is 178 g/mol. The third kappa shape index (κ3) is 2.94. The maximum Gasteiger partial charge on any atom is 0.178 e. The van der Waals surface area contributed by atoms with Gasteiger partial charge in [0.15, 0.2) is 5.78 Å². The molecule has 1 rings (SSSR count). The van der Waals surface area contributed by atoms with Gasteiger partial charge in [0, 0.05) is 13.3 Å². The van der Waals surface area contributed by atoms with Crippen molar-refractivity contribution in [3.8, 4) is 0 Å². The molecule has 0 aliphatic heterocycles. The molecule has 0 atom stereocenters. The number of ketones is 1. The van der Waals surface area contributed by atoms with Crippen LogP contribution in [0.25, 0.3) is 6.08 Å². The Kier molecular flexibility index (Phi) is 3.73. The predicted molar refractivity (Wildman–Crippen MR) is 54.0 cm³/mol. The Balaban J connectivity index is 2.83. The first-order valence-electron chi connectivity index (χ1n) is 4.32. The maximum atomic E-state index is 11.0. The van der Waals surface area contributed by atoms with Crippen molar-refractivity contribution in [1.82, 2.24) is 4.98 Å². The van der Waals surface area contributed by atoms with Crippen LogP contribution in [0.2, 0.25) is 0 Å². The van der Waals surface area contributed by atoms with Crippen LogP contribution in [0.1, 0.15) is 29.5 Å². The zero-order valence-electron chi connectivity index (χ0n) is 7.93. The molecule has 0 spiro atoms. The number of nitrogens with zero attached hydrogens (tertiary/aromatic N) is 1. The molecule has 1 aromatic heterocycles. The monoisotopic (exact) mass is 189 g/mol. The zero-order chi connectivity index (χ0) is 10.4. The summed E-state index contributed by atoms with van der Waals surface area (Å²) in [4.78, 5) is 25.1. The lowest BCUT2D eigenvalue weighted by Crippen LogP contribution is -1.96. The summed E-state index contributed by atoms with van der Waals surface area (Å²) in [6.07, 6.45) is 4.61. The molecule has 0 radical (unpaired) electrons. The van der Waals surface area contributed by atoms with Gasteiger partial charge in [-0.1, -0.05) is 12.1 Å². The third-order valence-electron chi connectivity index (χ3n) is 1.65. The molecule has 0 aliphatic rings. The molecule has 1 heterocycles. The molecule has 0 N–H and O–H groups in total. The number of pyridine rings is 1. The second kappa shape index (κ2) is 5.07. The van der Waals surface area contributed by atoms with Crippen LogP contribution >= 0.6 is 0 Å². The summed E-state index contributed by atoms with van der Waals surface area (Å²) in [6, 6.07) is 5.22. The van der Waals surface area contributed by atoms with E-state index in [9.17, 15) is 9.59 Å². The van der Waals surface area contributed by atoms with Crippen molar-refractivity contribution in [2.24, 2.45) is 0 Å². The molecule has 0 fully saturated rings. The van der Waals surface area contributed by atoms with Crippen molar-refractivity contribution < 1.29 is 9.59 Å². The van der Waals surface area contributed by atoms with Crippen LogP contribution in [0.15, 0.2) is 24.3 Å². The van der Waals surface area contributed by atoms with E-state index in [4.69, 9.17) is 0 Å². The van der Waals surface area contributed by atoms with Crippen molar-refractivity contribution >= 4 is 18.1 Å². The Bertz CT molecular complexity index is 369. The first kappa shape index (κ1) is 10.3. The van der Waals surface area contributed by atoms with E-state index in [0.29, 0.717) is 17.8 Å². The molecule has 3 heteroatoms. The molecule has 0 aromatic carbocycles. The predicted octanol–water partition coefficient (Wildman–Crippen LogP) is 1.89. The first-order chi connectivity index (χ1) is 6.74. The number of allylic oxidation sites excluding steroid dienone is 1. The topological polar surface area (TPSA) is 47.0 Å². The van der Waals surface area contributed by atoms with Crippen LogP contribution in [0.5, 0.6) is 0 Å². The molecule has 0 saturated heterocycles. The average molecular weight is 189 g/mol. The Morgan fingerprint density at radius 2 is 2.29 bits per heavy atom. The molecule has 14 heavy (non-hydrogen) atoms. The highest BCUT2D eigenvalue weighted by Crippen LogP contribution is 2.02.